The van der Waals surface area contributed by atoms with Crippen molar-refractivity contribution < 1.29 is 4.39 Å². The second-order valence-corrected chi connectivity index (χ2v) is 5.58. The van der Waals surface area contributed by atoms with Crippen LogP contribution in [0.3, 0.4) is 0 Å². The molecule has 2 aromatic rings. The van der Waals surface area contributed by atoms with Crippen LogP contribution in [-0.2, 0) is 0 Å². The lowest BCUT2D eigenvalue weighted by molar-refractivity contribution is 0.628. The first-order valence-corrected chi connectivity index (χ1v) is 7.09. The fraction of sp³-hybridized carbons (Fsp3) is 0.231. The minimum atomic E-state index is -0.350. The molecule has 6 heteroatoms. The van der Waals surface area contributed by atoms with Crippen molar-refractivity contribution >= 4 is 34.2 Å². The van der Waals surface area contributed by atoms with Crippen molar-refractivity contribution in [1.82, 2.24) is 4.98 Å². The number of halogens is 1. The Hall–Kier alpha value is -1.53. The minimum absolute atomic E-state index is 0.196. The average molecular weight is 295 g/mol. The molecule has 0 saturated carbocycles. The number of aromatic nitrogens is 1. The van der Waals surface area contributed by atoms with Crippen LogP contribution in [0, 0.1) is 5.82 Å². The van der Waals surface area contributed by atoms with Crippen molar-refractivity contribution in [2.24, 2.45) is 5.73 Å². The number of thiocarbonyl (C=S) groups is 1. The minimum Gasteiger partial charge on any atom is -0.389 e. The molecule has 1 aromatic heterocycles. The lowest BCUT2D eigenvalue weighted by Gasteiger charge is -2.12. The number of benzene rings is 1. The third-order valence-electron chi connectivity index (χ3n) is 2.73. The molecule has 0 fully saturated rings. The van der Waals surface area contributed by atoms with Gasteiger partial charge in [0.05, 0.1) is 10.7 Å². The maximum atomic E-state index is 13.8. The normalized spacial score (nSPS) is 12.1. The average Bonchev–Trinajstić information content (AvgIpc) is 2.90. The first-order chi connectivity index (χ1) is 9.08. The Morgan fingerprint density at radius 2 is 2.37 bits per heavy atom. The molecule has 3 N–H and O–H groups in total. The van der Waals surface area contributed by atoms with Crippen LogP contribution in [0.15, 0.2) is 29.8 Å². The summed E-state index contributed by atoms with van der Waals surface area (Å²) >= 11 is 6.41. The van der Waals surface area contributed by atoms with Crippen molar-refractivity contribution in [3.8, 4) is 0 Å². The smallest absolute Gasteiger partial charge is 0.146 e. The van der Waals surface area contributed by atoms with E-state index in [1.54, 1.807) is 29.7 Å². The quantitative estimate of drug-likeness (QED) is 0.832. The van der Waals surface area contributed by atoms with Gasteiger partial charge >= 0.3 is 0 Å². The van der Waals surface area contributed by atoms with E-state index < -0.39 is 0 Å². The molecule has 0 radical (unpaired) electrons. The molecule has 0 aliphatic rings. The highest BCUT2D eigenvalue weighted by molar-refractivity contribution is 7.80. The molecule has 2 rings (SSSR count). The van der Waals surface area contributed by atoms with Gasteiger partial charge in [-0.2, -0.15) is 0 Å². The summed E-state index contributed by atoms with van der Waals surface area (Å²) in [6.07, 6.45) is 1.77. The number of nitrogens with two attached hydrogens (primary N) is 1. The summed E-state index contributed by atoms with van der Waals surface area (Å²) in [5.74, 6) is -0.119. The number of nitrogens with one attached hydrogen (secondary N) is 1. The van der Waals surface area contributed by atoms with E-state index >= 15 is 0 Å². The molecule has 1 atom stereocenters. The standard InChI is InChI=1S/C13H14FN3S2/c1-8(13-16-4-5-19-13)7-17-11-3-2-9(12(15)18)6-10(11)14/h2-6,8,17H,7H2,1H3,(H2,15,18). The van der Waals surface area contributed by atoms with E-state index in [-0.39, 0.29) is 16.7 Å². The maximum absolute atomic E-state index is 13.8. The number of thiazole rings is 1. The molecule has 1 unspecified atom stereocenters. The Bertz CT molecular complexity index is 569. The largest absolute Gasteiger partial charge is 0.389 e. The van der Waals surface area contributed by atoms with E-state index in [0.29, 0.717) is 17.8 Å². The van der Waals surface area contributed by atoms with Gasteiger partial charge in [0, 0.05) is 29.6 Å². The second kappa shape index (κ2) is 6.08. The molecule has 19 heavy (non-hydrogen) atoms. The topological polar surface area (TPSA) is 50.9 Å². The monoisotopic (exact) mass is 295 g/mol. The third kappa shape index (κ3) is 3.48. The lowest BCUT2D eigenvalue weighted by atomic mass is 10.1. The number of hydrogen-bond donors (Lipinski definition) is 2. The van der Waals surface area contributed by atoms with Gasteiger partial charge in [-0.3, -0.25) is 0 Å². The third-order valence-corrected chi connectivity index (χ3v) is 3.97. The van der Waals surface area contributed by atoms with Gasteiger partial charge in [-0.25, -0.2) is 9.37 Å². The van der Waals surface area contributed by atoms with Crippen molar-refractivity contribution in [2.75, 3.05) is 11.9 Å². The van der Waals surface area contributed by atoms with Gasteiger partial charge < -0.3 is 11.1 Å². The predicted molar refractivity (Wildman–Crippen MR) is 81.3 cm³/mol. The number of anilines is 1. The molecule has 3 nitrogen and oxygen atoms in total. The summed E-state index contributed by atoms with van der Waals surface area (Å²) in [5, 5.41) is 6.04. The molecular formula is C13H14FN3S2. The summed E-state index contributed by atoms with van der Waals surface area (Å²) in [7, 11) is 0. The highest BCUT2D eigenvalue weighted by atomic mass is 32.1. The van der Waals surface area contributed by atoms with Gasteiger partial charge in [0.1, 0.15) is 10.8 Å². The molecular weight excluding hydrogens is 281 g/mol. The summed E-state index contributed by atoms with van der Waals surface area (Å²) in [5.41, 5.74) is 6.44. The summed E-state index contributed by atoms with van der Waals surface area (Å²) in [4.78, 5) is 4.44. The fourth-order valence-corrected chi connectivity index (χ4v) is 2.47. The van der Waals surface area contributed by atoms with Crippen molar-refractivity contribution in [2.45, 2.75) is 12.8 Å². The van der Waals surface area contributed by atoms with E-state index in [9.17, 15) is 4.39 Å². The summed E-state index contributed by atoms with van der Waals surface area (Å²) < 4.78 is 13.8. The van der Waals surface area contributed by atoms with Gasteiger partial charge in [0.2, 0.25) is 0 Å². The number of nitrogens with zero attached hydrogens (tertiary/aromatic N) is 1. The molecule has 0 amide bonds. The molecule has 0 aliphatic heterocycles. The van der Waals surface area contributed by atoms with E-state index in [1.807, 2.05) is 12.3 Å². The Morgan fingerprint density at radius 1 is 1.58 bits per heavy atom. The Labute approximate surface area is 120 Å². The summed E-state index contributed by atoms with van der Waals surface area (Å²) in [6.45, 7) is 2.67. The van der Waals surface area contributed by atoms with Gasteiger partial charge in [0.25, 0.3) is 0 Å². The molecule has 0 bridgehead atoms. The summed E-state index contributed by atoms with van der Waals surface area (Å²) in [6, 6.07) is 4.71. The van der Waals surface area contributed by atoms with Crippen molar-refractivity contribution in [3.05, 3.63) is 46.2 Å². The van der Waals surface area contributed by atoms with Gasteiger partial charge in [0.15, 0.2) is 0 Å². The first kappa shape index (κ1) is 13.9. The van der Waals surface area contributed by atoms with Crippen LogP contribution in [0.25, 0.3) is 0 Å². The second-order valence-electron chi connectivity index (χ2n) is 4.21. The zero-order valence-corrected chi connectivity index (χ0v) is 12.0. The van der Waals surface area contributed by atoms with E-state index in [2.05, 4.69) is 10.3 Å². The van der Waals surface area contributed by atoms with E-state index in [4.69, 9.17) is 18.0 Å². The van der Waals surface area contributed by atoms with E-state index in [1.165, 1.54) is 6.07 Å². The Kier molecular flexibility index (Phi) is 4.44. The highest BCUT2D eigenvalue weighted by Crippen LogP contribution is 2.20. The molecule has 0 aliphatic carbocycles. The van der Waals surface area contributed by atoms with Crippen molar-refractivity contribution in [3.63, 3.8) is 0 Å². The molecule has 100 valence electrons. The van der Waals surface area contributed by atoms with Gasteiger partial charge in [-0.05, 0) is 18.2 Å². The maximum Gasteiger partial charge on any atom is 0.146 e. The molecule has 1 aromatic carbocycles. The number of rotatable bonds is 5. The molecule has 0 spiro atoms. The molecule has 0 saturated heterocycles. The van der Waals surface area contributed by atoms with Crippen LogP contribution in [0.2, 0.25) is 0 Å². The molecule has 1 heterocycles. The van der Waals surface area contributed by atoms with Crippen LogP contribution in [0.4, 0.5) is 10.1 Å². The van der Waals surface area contributed by atoms with Crippen LogP contribution in [-0.4, -0.2) is 16.5 Å². The van der Waals surface area contributed by atoms with Crippen LogP contribution in [0.1, 0.15) is 23.4 Å². The lowest BCUT2D eigenvalue weighted by Crippen LogP contribution is -2.13. The number of hydrogen-bond acceptors (Lipinski definition) is 4. The van der Waals surface area contributed by atoms with E-state index in [0.717, 1.165) is 5.01 Å². The van der Waals surface area contributed by atoms with Gasteiger partial charge in [-0.15, -0.1) is 11.3 Å². The van der Waals surface area contributed by atoms with Crippen molar-refractivity contribution in [1.29, 1.82) is 0 Å². The zero-order chi connectivity index (χ0) is 13.8. The van der Waals surface area contributed by atoms with Crippen LogP contribution < -0.4 is 11.1 Å². The predicted octanol–water partition coefficient (Wildman–Crippen LogP) is 3.13. The fourth-order valence-electron chi connectivity index (χ4n) is 1.64. The first-order valence-electron chi connectivity index (χ1n) is 5.80. The van der Waals surface area contributed by atoms with Crippen LogP contribution >= 0.6 is 23.6 Å². The zero-order valence-electron chi connectivity index (χ0n) is 10.4. The highest BCUT2D eigenvalue weighted by Gasteiger charge is 2.10. The Balaban J connectivity index is 2.02. The van der Waals surface area contributed by atoms with Crippen LogP contribution in [0.5, 0.6) is 0 Å². The SMILES string of the molecule is CC(CNc1ccc(C(N)=S)cc1F)c1nccs1. The van der Waals surface area contributed by atoms with Gasteiger partial charge in [-0.1, -0.05) is 19.1 Å². The Morgan fingerprint density at radius 3 is 2.95 bits per heavy atom.